The van der Waals surface area contributed by atoms with E-state index in [1.807, 2.05) is 54.1 Å². The number of ether oxygens (including phenoxy) is 1. The van der Waals surface area contributed by atoms with Crippen LogP contribution in [0.25, 0.3) is 20.7 Å². The molecule has 0 aliphatic heterocycles. The molecule has 0 fully saturated rings. The van der Waals surface area contributed by atoms with Gasteiger partial charge in [-0.1, -0.05) is 36.0 Å². The van der Waals surface area contributed by atoms with Crippen LogP contribution in [-0.2, 0) is 18.4 Å². The first-order valence-electron chi connectivity index (χ1n) is 9.58. The summed E-state index contributed by atoms with van der Waals surface area (Å²) >= 11 is 4.33. The first-order chi connectivity index (χ1) is 15.0. The summed E-state index contributed by atoms with van der Waals surface area (Å²) in [7, 11) is 3.31. The highest BCUT2D eigenvalue weighted by atomic mass is 32.2. The van der Waals surface area contributed by atoms with Crippen molar-refractivity contribution in [3.63, 3.8) is 0 Å². The van der Waals surface area contributed by atoms with Crippen molar-refractivity contribution >= 4 is 50.6 Å². The Morgan fingerprint density at radius 1 is 1.26 bits per heavy atom. The van der Waals surface area contributed by atoms with Gasteiger partial charge in [-0.25, -0.2) is 4.98 Å². The van der Waals surface area contributed by atoms with Crippen molar-refractivity contribution in [2.45, 2.75) is 23.9 Å². The van der Waals surface area contributed by atoms with Crippen LogP contribution in [0.3, 0.4) is 0 Å². The molecule has 0 spiro atoms. The molecule has 0 aliphatic rings. The quantitative estimate of drug-likeness (QED) is 0.317. The van der Waals surface area contributed by atoms with Crippen LogP contribution in [0.2, 0.25) is 0 Å². The van der Waals surface area contributed by atoms with Gasteiger partial charge in [0.2, 0.25) is 5.91 Å². The lowest BCUT2D eigenvalue weighted by Crippen LogP contribution is -2.31. The van der Waals surface area contributed by atoms with Crippen molar-refractivity contribution in [1.29, 1.82) is 0 Å². The number of aromatic nitrogens is 2. The fourth-order valence-electron chi connectivity index (χ4n) is 3.16. The number of carbonyl (C=O) groups excluding carboxylic acids is 1. The lowest BCUT2D eigenvalue weighted by molar-refractivity contribution is -0.120. The summed E-state index contributed by atoms with van der Waals surface area (Å²) in [5.41, 5.74) is 1.73. The molecule has 160 valence electrons. The number of nitrogens with zero attached hydrogens (tertiary/aromatic N) is 2. The van der Waals surface area contributed by atoms with E-state index in [0.29, 0.717) is 21.9 Å². The minimum atomic E-state index is -0.415. The number of para-hydroxylation sites is 1. The molecule has 3 aromatic heterocycles. The Bertz CT molecular complexity index is 1280. The summed E-state index contributed by atoms with van der Waals surface area (Å²) in [6.45, 7) is 2.18. The van der Waals surface area contributed by atoms with Crippen molar-refractivity contribution < 1.29 is 9.53 Å². The number of benzene rings is 1. The van der Waals surface area contributed by atoms with Crippen molar-refractivity contribution in [2.75, 3.05) is 7.11 Å². The molecule has 1 aromatic carbocycles. The Hall–Kier alpha value is -2.62. The van der Waals surface area contributed by atoms with E-state index < -0.39 is 5.25 Å². The number of hydrogen-bond acceptors (Lipinski definition) is 7. The molecule has 4 rings (SSSR count). The molecule has 3 heterocycles. The van der Waals surface area contributed by atoms with E-state index in [1.54, 1.807) is 25.5 Å². The van der Waals surface area contributed by atoms with E-state index in [2.05, 4.69) is 10.3 Å². The molecule has 1 N–H and O–H groups in total. The van der Waals surface area contributed by atoms with Crippen molar-refractivity contribution in [3.05, 3.63) is 63.1 Å². The maximum absolute atomic E-state index is 13.1. The van der Waals surface area contributed by atoms with Gasteiger partial charge in [-0.2, -0.15) is 0 Å². The van der Waals surface area contributed by atoms with Gasteiger partial charge in [-0.05, 0) is 24.4 Å². The molecule has 1 amide bonds. The SMILES string of the molecule is COc1ccccc1CNC(=O)C(C)Sc1nc2scc(-c3cccs3)c2c(=O)n1C. The Balaban J connectivity index is 1.52. The predicted molar refractivity (Wildman–Crippen MR) is 128 cm³/mol. The zero-order valence-electron chi connectivity index (χ0n) is 17.2. The van der Waals surface area contributed by atoms with Crippen LogP contribution in [-0.4, -0.2) is 27.8 Å². The molecule has 1 atom stereocenters. The molecular weight excluding hydrogens is 450 g/mol. The van der Waals surface area contributed by atoms with Crippen LogP contribution < -0.4 is 15.6 Å². The maximum Gasteiger partial charge on any atom is 0.263 e. The Kier molecular flexibility index (Phi) is 6.45. The van der Waals surface area contributed by atoms with Crippen LogP contribution in [0.5, 0.6) is 5.75 Å². The summed E-state index contributed by atoms with van der Waals surface area (Å²) in [6, 6.07) is 11.5. The maximum atomic E-state index is 13.1. The van der Waals surface area contributed by atoms with Gasteiger partial charge in [0.05, 0.1) is 17.7 Å². The van der Waals surface area contributed by atoms with E-state index in [0.717, 1.165) is 21.8 Å². The van der Waals surface area contributed by atoms with Crippen LogP contribution in [0.1, 0.15) is 12.5 Å². The highest BCUT2D eigenvalue weighted by Crippen LogP contribution is 2.34. The van der Waals surface area contributed by atoms with E-state index in [4.69, 9.17) is 4.74 Å². The Morgan fingerprint density at radius 3 is 2.81 bits per heavy atom. The molecular formula is C22H21N3O3S3. The van der Waals surface area contributed by atoms with Crippen molar-refractivity contribution in [3.8, 4) is 16.2 Å². The van der Waals surface area contributed by atoms with E-state index in [-0.39, 0.29) is 11.5 Å². The van der Waals surface area contributed by atoms with Gasteiger partial charge in [0, 0.05) is 35.0 Å². The number of rotatable bonds is 7. The number of thiophene rings is 2. The summed E-state index contributed by atoms with van der Waals surface area (Å²) in [6.07, 6.45) is 0. The molecule has 4 aromatic rings. The molecule has 0 radical (unpaired) electrons. The second-order valence-electron chi connectivity index (χ2n) is 6.86. The molecule has 31 heavy (non-hydrogen) atoms. The monoisotopic (exact) mass is 471 g/mol. The topological polar surface area (TPSA) is 73.2 Å². The number of carbonyl (C=O) groups is 1. The first-order valence-corrected chi connectivity index (χ1v) is 12.2. The zero-order chi connectivity index (χ0) is 22.0. The van der Waals surface area contributed by atoms with E-state index in [1.165, 1.54) is 27.7 Å². The van der Waals surface area contributed by atoms with Gasteiger partial charge in [-0.15, -0.1) is 22.7 Å². The van der Waals surface area contributed by atoms with Crippen molar-refractivity contribution in [1.82, 2.24) is 14.9 Å². The number of thioether (sulfide) groups is 1. The summed E-state index contributed by atoms with van der Waals surface area (Å²) < 4.78 is 6.86. The third-order valence-electron chi connectivity index (χ3n) is 4.86. The number of nitrogens with one attached hydrogen (secondary N) is 1. The third-order valence-corrected chi connectivity index (χ3v) is 7.78. The number of amides is 1. The van der Waals surface area contributed by atoms with Gasteiger partial charge in [-0.3, -0.25) is 14.2 Å². The molecule has 0 bridgehead atoms. The smallest absolute Gasteiger partial charge is 0.263 e. The normalized spacial score (nSPS) is 12.1. The Morgan fingerprint density at radius 2 is 2.06 bits per heavy atom. The number of hydrogen-bond donors (Lipinski definition) is 1. The van der Waals surface area contributed by atoms with Crippen LogP contribution in [0.15, 0.2) is 57.1 Å². The van der Waals surface area contributed by atoms with Crippen LogP contribution in [0.4, 0.5) is 0 Å². The van der Waals surface area contributed by atoms with Gasteiger partial charge >= 0.3 is 0 Å². The highest BCUT2D eigenvalue weighted by Gasteiger charge is 2.21. The lowest BCUT2D eigenvalue weighted by Gasteiger charge is -2.14. The van der Waals surface area contributed by atoms with Gasteiger partial charge < -0.3 is 10.1 Å². The average molecular weight is 472 g/mol. The third kappa shape index (κ3) is 4.39. The average Bonchev–Trinajstić information content (AvgIpc) is 3.45. The molecule has 0 aliphatic carbocycles. The van der Waals surface area contributed by atoms with Gasteiger partial charge in [0.25, 0.3) is 5.56 Å². The van der Waals surface area contributed by atoms with Crippen LogP contribution >= 0.6 is 34.4 Å². The van der Waals surface area contributed by atoms with Gasteiger partial charge in [0.15, 0.2) is 5.16 Å². The van der Waals surface area contributed by atoms with E-state index >= 15 is 0 Å². The first kappa shape index (κ1) is 21.6. The molecule has 6 nitrogen and oxygen atoms in total. The minimum Gasteiger partial charge on any atom is -0.496 e. The summed E-state index contributed by atoms with van der Waals surface area (Å²) in [5, 5.41) is 7.65. The lowest BCUT2D eigenvalue weighted by atomic mass is 10.2. The fourth-order valence-corrected chi connectivity index (χ4v) is 5.86. The van der Waals surface area contributed by atoms with Crippen molar-refractivity contribution in [2.24, 2.45) is 7.05 Å². The zero-order valence-corrected chi connectivity index (χ0v) is 19.7. The molecule has 9 heteroatoms. The number of fused-ring (bicyclic) bond motifs is 1. The standard InChI is InChI=1S/C22H21N3O3S3/c1-13(19(26)23-11-14-7-4-5-8-16(14)28-3)31-22-24-20-18(21(27)25(22)2)15(12-30-20)17-9-6-10-29-17/h4-10,12-13H,11H2,1-3H3,(H,23,26). The molecule has 0 saturated heterocycles. The van der Waals surface area contributed by atoms with Crippen LogP contribution in [0, 0.1) is 0 Å². The second kappa shape index (κ2) is 9.25. The number of methoxy groups -OCH3 is 1. The summed E-state index contributed by atoms with van der Waals surface area (Å²) in [5.74, 6) is 0.604. The largest absolute Gasteiger partial charge is 0.496 e. The fraction of sp³-hybridized carbons (Fsp3) is 0.227. The van der Waals surface area contributed by atoms with Gasteiger partial charge in [0.1, 0.15) is 10.6 Å². The summed E-state index contributed by atoms with van der Waals surface area (Å²) in [4.78, 5) is 32.1. The second-order valence-corrected chi connectivity index (χ2v) is 9.97. The van der Waals surface area contributed by atoms with E-state index in [9.17, 15) is 9.59 Å². The predicted octanol–water partition coefficient (Wildman–Crippen LogP) is 4.53. The Labute approximate surface area is 191 Å². The molecule has 0 saturated carbocycles. The highest BCUT2D eigenvalue weighted by molar-refractivity contribution is 8.00. The minimum absolute atomic E-state index is 0.0984. The molecule has 1 unspecified atom stereocenters.